The van der Waals surface area contributed by atoms with Gasteiger partial charge in [0.05, 0.1) is 12.7 Å². The van der Waals surface area contributed by atoms with Crippen molar-refractivity contribution < 1.29 is 14.3 Å². The molecule has 9 heteroatoms. The molecule has 2 heterocycles. The van der Waals surface area contributed by atoms with E-state index in [0.29, 0.717) is 18.7 Å². The Kier molecular flexibility index (Phi) is 5.55. The Morgan fingerprint density at radius 1 is 1.31 bits per heavy atom. The van der Waals surface area contributed by atoms with Gasteiger partial charge in [-0.3, -0.25) is 4.79 Å². The standard InChI is InChI=1S/C17H23N5O4/c1-26-16(24)13-10-22(9-12-14(13)20-21-15(12)23)8-7-18-17(25)19-11-5-3-2-4-6-11/h9-11H,2-8H2,1H3,(H,21,23)(H2,18,19,25). The van der Waals surface area contributed by atoms with Crippen LogP contribution in [0.15, 0.2) is 17.2 Å². The molecule has 0 aromatic heterocycles. The molecular formula is C17H23N5O4. The van der Waals surface area contributed by atoms with Crippen LogP contribution in [0.4, 0.5) is 4.79 Å². The van der Waals surface area contributed by atoms with Crippen LogP contribution in [0.3, 0.4) is 0 Å². The van der Waals surface area contributed by atoms with Crippen molar-refractivity contribution in [2.45, 2.75) is 44.7 Å². The molecule has 2 amide bonds. The summed E-state index contributed by atoms with van der Waals surface area (Å²) in [5, 5.41) is 12.0. The van der Waals surface area contributed by atoms with E-state index in [9.17, 15) is 14.4 Å². The van der Waals surface area contributed by atoms with Gasteiger partial charge < -0.3 is 19.9 Å². The molecule has 0 spiro atoms. The number of hydrogen-bond donors (Lipinski definition) is 3. The lowest BCUT2D eigenvalue weighted by molar-refractivity contribution is 0.0600. The number of hydrogen-bond acceptors (Lipinski definition) is 5. The molecule has 0 saturated heterocycles. The molecule has 0 aromatic rings. The Balaban J connectivity index is 1.62. The maximum absolute atomic E-state index is 12.0. The summed E-state index contributed by atoms with van der Waals surface area (Å²) >= 11 is 0. The number of methoxy groups -OCH3 is 1. The van der Waals surface area contributed by atoms with Gasteiger partial charge in [0.25, 0.3) is 5.56 Å². The van der Waals surface area contributed by atoms with Crippen molar-refractivity contribution in [3.8, 4) is 11.3 Å². The van der Waals surface area contributed by atoms with Crippen LogP contribution >= 0.6 is 0 Å². The normalized spacial score (nSPS) is 15.0. The average molecular weight is 361 g/mol. The minimum Gasteiger partial charge on any atom is -0.465 e. The lowest BCUT2D eigenvalue weighted by Crippen LogP contribution is -2.43. The van der Waals surface area contributed by atoms with Crippen molar-refractivity contribution in [1.29, 1.82) is 0 Å². The molecule has 9 nitrogen and oxygen atoms in total. The first-order valence-electron chi connectivity index (χ1n) is 8.79. The van der Waals surface area contributed by atoms with Gasteiger partial charge in [0.15, 0.2) is 0 Å². The van der Waals surface area contributed by atoms with Gasteiger partial charge in [0, 0.05) is 31.5 Å². The van der Waals surface area contributed by atoms with Crippen LogP contribution in [-0.2, 0) is 11.3 Å². The number of fused-ring (bicyclic) bond motifs is 1. The number of urea groups is 1. The van der Waals surface area contributed by atoms with E-state index < -0.39 is 5.97 Å². The van der Waals surface area contributed by atoms with Gasteiger partial charge in [-0.15, -0.1) is 0 Å². The molecule has 0 bridgehead atoms. The first-order chi connectivity index (χ1) is 12.6. The summed E-state index contributed by atoms with van der Waals surface area (Å²) in [5.74, 6) is -0.571. The van der Waals surface area contributed by atoms with Crippen molar-refractivity contribution in [2.75, 3.05) is 13.7 Å². The molecule has 0 unspecified atom stereocenters. The first kappa shape index (κ1) is 18.0. The van der Waals surface area contributed by atoms with Gasteiger partial charge in [0.2, 0.25) is 0 Å². The second kappa shape index (κ2) is 8.03. The first-order valence-corrected chi connectivity index (χ1v) is 8.79. The zero-order valence-corrected chi connectivity index (χ0v) is 14.7. The van der Waals surface area contributed by atoms with Gasteiger partial charge in [-0.05, 0) is 12.8 Å². The zero-order chi connectivity index (χ0) is 18.5. The van der Waals surface area contributed by atoms with E-state index in [-0.39, 0.29) is 28.9 Å². The number of nitrogens with one attached hydrogen (secondary N) is 3. The third-order valence-electron chi connectivity index (χ3n) is 4.62. The van der Waals surface area contributed by atoms with Crippen molar-refractivity contribution >= 4 is 12.0 Å². The Morgan fingerprint density at radius 2 is 2.08 bits per heavy atom. The molecule has 3 aliphatic rings. The summed E-state index contributed by atoms with van der Waals surface area (Å²) in [6.45, 7) is 0.768. The average Bonchev–Trinajstić information content (AvgIpc) is 3.02. The smallest absolute Gasteiger partial charge is 0.341 e. The number of H-pyrrole nitrogens is 1. The van der Waals surface area contributed by atoms with Crippen LogP contribution in [0.1, 0.15) is 42.5 Å². The second-order valence-corrected chi connectivity index (χ2v) is 6.45. The van der Waals surface area contributed by atoms with Gasteiger partial charge in [-0.25, -0.2) is 14.7 Å². The lowest BCUT2D eigenvalue weighted by Gasteiger charge is -2.23. The maximum Gasteiger partial charge on any atom is 0.341 e. The fraction of sp³-hybridized carbons (Fsp3) is 0.529. The molecule has 3 rings (SSSR count). The Bertz CT molecular complexity index is 806. The molecule has 0 aromatic carbocycles. The number of carbonyl (C=O) groups excluding carboxylic acids is 2. The number of pyridine rings is 1. The maximum atomic E-state index is 12.0. The van der Waals surface area contributed by atoms with E-state index in [1.165, 1.54) is 13.5 Å². The fourth-order valence-corrected chi connectivity index (χ4v) is 3.26. The van der Waals surface area contributed by atoms with E-state index in [1.54, 1.807) is 17.0 Å². The largest absolute Gasteiger partial charge is 0.465 e. The minimum atomic E-state index is -0.571. The van der Waals surface area contributed by atoms with Crippen LogP contribution in [0.25, 0.3) is 11.3 Å². The van der Waals surface area contributed by atoms with Crippen LogP contribution in [0.2, 0.25) is 0 Å². The summed E-state index contributed by atoms with van der Waals surface area (Å²) < 4.78 is 6.42. The summed E-state index contributed by atoms with van der Waals surface area (Å²) in [7, 11) is 1.27. The van der Waals surface area contributed by atoms with E-state index >= 15 is 0 Å². The number of rotatable bonds is 5. The Labute approximate surface area is 150 Å². The predicted octanol–water partition coefficient (Wildman–Crippen LogP) is 1.09. The molecule has 1 saturated carbocycles. The highest BCUT2D eigenvalue weighted by Crippen LogP contribution is 2.20. The van der Waals surface area contributed by atoms with Crippen molar-refractivity contribution in [1.82, 2.24) is 25.4 Å². The van der Waals surface area contributed by atoms with E-state index in [0.717, 1.165) is 25.7 Å². The number of aromatic amines is 1. The van der Waals surface area contributed by atoms with Gasteiger partial charge in [-0.2, -0.15) is 5.10 Å². The number of nitrogens with zero attached hydrogens (tertiary/aromatic N) is 2. The van der Waals surface area contributed by atoms with Crippen LogP contribution in [-0.4, -0.2) is 46.5 Å². The molecule has 140 valence electrons. The molecule has 26 heavy (non-hydrogen) atoms. The number of esters is 1. The predicted molar refractivity (Wildman–Crippen MR) is 94.2 cm³/mol. The Morgan fingerprint density at radius 3 is 2.81 bits per heavy atom. The van der Waals surface area contributed by atoms with Crippen molar-refractivity contribution in [2.24, 2.45) is 0 Å². The van der Waals surface area contributed by atoms with Gasteiger partial charge in [-0.1, -0.05) is 19.3 Å². The number of amides is 2. The molecule has 1 aliphatic carbocycles. The van der Waals surface area contributed by atoms with Crippen LogP contribution in [0, 0.1) is 0 Å². The SMILES string of the molecule is COC(=O)c1cn(CCNC(=O)NC2CCCCC2)cc2c(=O)[nH]nc1-2. The third kappa shape index (κ3) is 4.04. The molecule has 3 N–H and O–H groups in total. The number of aromatic nitrogens is 3. The molecule has 0 atom stereocenters. The second-order valence-electron chi connectivity index (χ2n) is 6.45. The van der Waals surface area contributed by atoms with E-state index in [4.69, 9.17) is 4.74 Å². The number of ether oxygens (including phenoxy) is 1. The van der Waals surface area contributed by atoms with Crippen LogP contribution < -0.4 is 16.2 Å². The summed E-state index contributed by atoms with van der Waals surface area (Å²) in [4.78, 5) is 35.7. The van der Waals surface area contributed by atoms with Crippen molar-refractivity contribution in [3.05, 3.63) is 28.3 Å². The summed E-state index contributed by atoms with van der Waals surface area (Å²) in [6, 6.07) is 0.0484. The van der Waals surface area contributed by atoms with Gasteiger partial charge >= 0.3 is 12.0 Å². The monoisotopic (exact) mass is 361 g/mol. The number of carbonyl (C=O) groups is 2. The molecule has 1 fully saturated rings. The zero-order valence-electron chi connectivity index (χ0n) is 14.7. The summed E-state index contributed by atoms with van der Waals surface area (Å²) in [6.07, 6.45) is 8.75. The van der Waals surface area contributed by atoms with E-state index in [2.05, 4.69) is 20.8 Å². The summed E-state index contributed by atoms with van der Waals surface area (Å²) in [5.41, 5.74) is 0.415. The topological polar surface area (TPSA) is 118 Å². The molecular weight excluding hydrogens is 338 g/mol. The molecule has 0 radical (unpaired) electrons. The van der Waals surface area contributed by atoms with E-state index in [1.807, 2.05) is 0 Å². The third-order valence-corrected chi connectivity index (χ3v) is 4.62. The van der Waals surface area contributed by atoms with Crippen molar-refractivity contribution in [3.63, 3.8) is 0 Å². The molecule has 2 aliphatic heterocycles. The highest BCUT2D eigenvalue weighted by atomic mass is 16.5. The van der Waals surface area contributed by atoms with Gasteiger partial charge in [0.1, 0.15) is 11.3 Å². The minimum absolute atomic E-state index is 0.195. The highest BCUT2D eigenvalue weighted by Gasteiger charge is 2.21. The quantitative estimate of drug-likeness (QED) is 0.689. The van der Waals surface area contributed by atoms with Crippen LogP contribution in [0.5, 0.6) is 0 Å². The highest BCUT2D eigenvalue weighted by molar-refractivity contribution is 5.95. The lowest BCUT2D eigenvalue weighted by atomic mass is 9.96. The fourth-order valence-electron chi connectivity index (χ4n) is 3.26. The Hall–Kier alpha value is -2.84.